The molecule has 4 bridgehead atoms. The Kier molecular flexibility index (Phi) is 14.5. The number of benzene rings is 2. The zero-order valence-electron chi connectivity index (χ0n) is 42.0. The van der Waals surface area contributed by atoms with Gasteiger partial charge in [0, 0.05) is 49.9 Å². The maximum atomic E-state index is 13.1. The fraction of sp³-hybridized carbons (Fsp3) is 0.577. The number of esters is 5. The molecular weight excluding hydrogens is 995 g/mol. The van der Waals surface area contributed by atoms with E-state index in [9.17, 15) is 49.2 Å². The van der Waals surface area contributed by atoms with E-state index in [-0.39, 0.29) is 41.1 Å². The summed E-state index contributed by atoms with van der Waals surface area (Å²) >= 11 is 9.53. The average Bonchev–Trinajstić information content (AvgIpc) is 3.84. The Morgan fingerprint density at radius 2 is 1.18 bits per heavy atom. The number of ether oxygens (including phenoxy) is 7. The topological polar surface area (TPSA) is 254 Å². The van der Waals surface area contributed by atoms with Crippen LogP contribution in [0.4, 0.5) is 0 Å². The fourth-order valence-electron chi connectivity index (χ4n) is 12.8. The number of hydrogen-bond acceptors (Lipinski definition) is 18. The number of carbonyl (C=O) groups excluding carboxylic acids is 5. The van der Waals surface area contributed by atoms with Gasteiger partial charge < -0.3 is 63.4 Å². The lowest BCUT2D eigenvalue weighted by molar-refractivity contribution is -0.179. The van der Waals surface area contributed by atoms with Gasteiger partial charge in [-0.3, -0.25) is 19.2 Å². The SMILES string of the molecule is CC(=O)OC(CC(=O)OC1=CC[C@@]2(O)[C@H]3Cc4ccc(C)c5c4[C@@]2(CCN3C)[C@H]1O5)C(=O)OC(C)(C)C.CC(=O)OC(CC(=O)OC1=CC[C@@]2(O)[C@H]3Cc4ccc(O)c5c4[C@@]2(CCN3C)[C@H]1O5)C(=O)O.ClCCl. The highest BCUT2D eigenvalue weighted by atomic mass is 35.5. The Morgan fingerprint density at radius 1 is 0.740 bits per heavy atom. The lowest BCUT2D eigenvalue weighted by Gasteiger charge is -2.61. The van der Waals surface area contributed by atoms with E-state index in [0.717, 1.165) is 60.4 Å². The number of rotatable bonds is 10. The Labute approximate surface area is 432 Å². The maximum absolute atomic E-state index is 13.1. The van der Waals surface area contributed by atoms with Crippen LogP contribution in [0.3, 0.4) is 0 Å². The number of aromatic hydroxyl groups is 1. The summed E-state index contributed by atoms with van der Waals surface area (Å²) in [5.74, 6) is -4.01. The van der Waals surface area contributed by atoms with E-state index in [4.69, 9.17) is 51.6 Å². The number of nitrogens with zero attached hydrogens (tertiary/aromatic N) is 2. The number of carboxylic acids is 1. The molecular formula is C52H62Cl2N2O17. The summed E-state index contributed by atoms with van der Waals surface area (Å²) in [6.07, 6.45) is 0.483. The molecule has 4 aliphatic heterocycles. The van der Waals surface area contributed by atoms with Crippen molar-refractivity contribution in [3.05, 3.63) is 75.8 Å². The molecule has 2 fully saturated rings. The van der Waals surface area contributed by atoms with Crippen molar-refractivity contribution in [3.63, 3.8) is 0 Å². The molecule has 0 aromatic heterocycles. The third kappa shape index (κ3) is 9.00. The fourth-order valence-corrected chi connectivity index (χ4v) is 12.8. The summed E-state index contributed by atoms with van der Waals surface area (Å²) in [6, 6.07) is 7.27. The van der Waals surface area contributed by atoms with E-state index in [2.05, 4.69) is 20.6 Å². The number of likely N-dealkylation sites (tertiary alicyclic amines) is 2. The summed E-state index contributed by atoms with van der Waals surface area (Å²) in [4.78, 5) is 76.7. The number of carboxylic acid groups (broad SMARTS) is 1. The van der Waals surface area contributed by atoms with Crippen LogP contribution in [0.2, 0.25) is 0 Å². The molecule has 0 amide bonds. The third-order valence-corrected chi connectivity index (χ3v) is 15.7. The quantitative estimate of drug-likeness (QED) is 0.145. The minimum Gasteiger partial charge on any atom is -0.504 e. The number of aliphatic carboxylic acids is 1. The van der Waals surface area contributed by atoms with Crippen molar-refractivity contribution in [3.8, 4) is 17.2 Å². The normalized spacial score (nSPS) is 30.2. The molecule has 4 N–H and O–H groups in total. The molecule has 19 nitrogen and oxygen atoms in total. The van der Waals surface area contributed by atoms with Crippen LogP contribution in [0, 0.1) is 6.92 Å². The predicted molar refractivity (Wildman–Crippen MR) is 259 cm³/mol. The van der Waals surface area contributed by atoms with Crippen molar-refractivity contribution in [2.75, 3.05) is 32.5 Å². The molecule has 10 atom stereocenters. The Bertz CT molecular complexity index is 2690. The summed E-state index contributed by atoms with van der Waals surface area (Å²) in [7, 11) is 4.00. The van der Waals surface area contributed by atoms with Gasteiger partial charge in [-0.25, -0.2) is 9.59 Å². The average molecular weight is 1060 g/mol. The van der Waals surface area contributed by atoms with Gasteiger partial charge in [0.2, 0.25) is 12.2 Å². The van der Waals surface area contributed by atoms with E-state index < -0.39 is 101 Å². The van der Waals surface area contributed by atoms with Crippen molar-refractivity contribution in [1.29, 1.82) is 0 Å². The molecule has 2 aromatic rings. The second-order valence-electron chi connectivity index (χ2n) is 21.0. The lowest BCUT2D eigenvalue weighted by atomic mass is 9.50. The predicted octanol–water partition coefficient (Wildman–Crippen LogP) is 4.52. The van der Waals surface area contributed by atoms with E-state index >= 15 is 0 Å². The van der Waals surface area contributed by atoms with Crippen LogP contribution in [-0.4, -0.2) is 152 Å². The van der Waals surface area contributed by atoms with Crippen molar-refractivity contribution in [2.24, 2.45) is 0 Å². The van der Waals surface area contributed by atoms with Crippen LogP contribution in [0.5, 0.6) is 17.2 Å². The molecule has 2 aromatic carbocycles. The van der Waals surface area contributed by atoms with Crippen LogP contribution in [0.1, 0.15) is 101 Å². The molecule has 2 spiro atoms. The summed E-state index contributed by atoms with van der Waals surface area (Å²) < 4.78 is 39.1. The van der Waals surface area contributed by atoms with Gasteiger partial charge in [0.15, 0.2) is 23.7 Å². The van der Waals surface area contributed by atoms with Gasteiger partial charge >= 0.3 is 35.8 Å². The van der Waals surface area contributed by atoms with Gasteiger partial charge in [0.05, 0.1) is 40.2 Å². The summed E-state index contributed by atoms with van der Waals surface area (Å²) in [6.45, 7) is 10.7. The smallest absolute Gasteiger partial charge is 0.348 e. The van der Waals surface area contributed by atoms with E-state index in [1.54, 1.807) is 39.0 Å². The van der Waals surface area contributed by atoms with Gasteiger partial charge in [-0.15, -0.1) is 23.2 Å². The Hall–Kier alpha value is -5.44. The van der Waals surface area contributed by atoms with Crippen LogP contribution >= 0.6 is 23.2 Å². The first-order valence-corrected chi connectivity index (χ1v) is 25.2. The van der Waals surface area contributed by atoms with E-state index in [0.29, 0.717) is 38.0 Å². The zero-order valence-corrected chi connectivity index (χ0v) is 43.5. The molecule has 8 aliphatic rings. The number of phenolic OH excluding ortho intramolecular Hbond substituents is 1. The van der Waals surface area contributed by atoms with Gasteiger partial charge in [0.1, 0.15) is 22.9 Å². The number of carbonyl (C=O) groups is 6. The standard InChI is InChI=1S/C28H35NO8.C23H25NO9.CH2Cl2/c1-15-7-8-17-13-20-28(33)10-9-18(24-27(28,11-12-29(20)6)22(17)23(15)36-24)35-21(31)14-19(34-16(2)30)25(32)37-26(3,4)5;1-11(25)31-15(21(28)29)10-17(27)32-14-5-6-23(30)16-9-12-3-4-13(26)19-18(12)22(23,20(14)33-19)7-8-24(16)2;2-1-3/h7-9,19-20,24,33H,10-14H2,1-6H3;3-5,15-16,20,26,30H,6-10H2,1-2H3,(H,28,29);1H2/t19?,20-,24+,27+,28-;15?,16-,20+,22+,23-;/m11./s1. The molecule has 396 valence electrons. The minimum absolute atomic E-state index is 0.0521. The van der Waals surface area contributed by atoms with Crippen LogP contribution in [0.15, 0.2) is 47.9 Å². The maximum Gasteiger partial charge on any atom is 0.348 e. The number of likely N-dealkylation sites (N-methyl/N-ethyl adjacent to an activating group) is 2. The number of alkyl halides is 2. The first-order chi connectivity index (χ1) is 34.3. The summed E-state index contributed by atoms with van der Waals surface area (Å²) in [5, 5.41) is 44.2. The molecule has 4 heterocycles. The van der Waals surface area contributed by atoms with E-state index in [1.165, 1.54) is 0 Å². The van der Waals surface area contributed by atoms with Gasteiger partial charge in [-0.05, 0) is 115 Å². The Balaban J connectivity index is 0.000000186. The number of aliphatic hydroxyl groups is 2. The molecule has 0 saturated carbocycles. The molecule has 21 heteroatoms. The van der Waals surface area contributed by atoms with Gasteiger partial charge in [-0.1, -0.05) is 18.2 Å². The lowest BCUT2D eigenvalue weighted by Crippen LogP contribution is -2.74. The second kappa shape index (κ2) is 19.7. The largest absolute Gasteiger partial charge is 0.504 e. The highest BCUT2D eigenvalue weighted by Gasteiger charge is 2.73. The second-order valence-corrected chi connectivity index (χ2v) is 21.8. The Morgan fingerprint density at radius 3 is 1.64 bits per heavy atom. The molecule has 0 radical (unpaired) electrons. The first kappa shape index (κ1) is 53.8. The molecule has 4 aliphatic carbocycles. The van der Waals surface area contributed by atoms with Crippen LogP contribution in [-0.2, 0) is 76.1 Å². The van der Waals surface area contributed by atoms with Crippen LogP contribution in [0.25, 0.3) is 0 Å². The zero-order chi connectivity index (χ0) is 53.3. The number of halogens is 2. The number of hydrogen-bond donors (Lipinski definition) is 4. The molecule has 2 saturated heterocycles. The van der Waals surface area contributed by atoms with Crippen LogP contribution < -0.4 is 9.47 Å². The number of aryl methyl sites for hydroxylation is 1. The van der Waals surface area contributed by atoms with E-state index in [1.807, 2.05) is 33.2 Å². The highest BCUT2D eigenvalue weighted by molar-refractivity contribution is 6.40. The minimum atomic E-state index is -1.67. The number of phenols is 1. The van der Waals surface area contributed by atoms with Gasteiger partial charge in [0.25, 0.3) is 0 Å². The summed E-state index contributed by atoms with van der Waals surface area (Å²) in [5.41, 5.74) is 0.102. The molecule has 2 unspecified atom stereocenters. The number of piperidine rings is 2. The molecule has 10 rings (SSSR count). The monoisotopic (exact) mass is 1060 g/mol. The first-order valence-electron chi connectivity index (χ1n) is 24.2. The van der Waals surface area contributed by atoms with Gasteiger partial charge in [-0.2, -0.15) is 0 Å². The molecule has 73 heavy (non-hydrogen) atoms. The van der Waals surface area contributed by atoms with Crippen molar-refractivity contribution < 1.29 is 82.4 Å². The van der Waals surface area contributed by atoms with Crippen molar-refractivity contribution in [1.82, 2.24) is 9.80 Å². The van der Waals surface area contributed by atoms with Crippen molar-refractivity contribution >= 4 is 59.0 Å². The van der Waals surface area contributed by atoms with Crippen molar-refractivity contribution in [2.45, 2.75) is 157 Å². The highest BCUT2D eigenvalue weighted by Crippen LogP contribution is 2.66. The third-order valence-electron chi connectivity index (χ3n) is 15.7.